The van der Waals surface area contributed by atoms with Crippen LogP contribution in [0.1, 0.15) is 11.1 Å². The molecule has 2 rings (SSSR count). The molecule has 0 unspecified atom stereocenters. The van der Waals surface area contributed by atoms with Crippen molar-refractivity contribution in [3.8, 4) is 11.5 Å². The quantitative estimate of drug-likeness (QED) is 0.637. The van der Waals surface area contributed by atoms with Gasteiger partial charge in [-0.05, 0) is 52.2 Å². The Morgan fingerprint density at radius 2 is 1.89 bits per heavy atom. The maximum atomic E-state index is 13.2. The number of halogens is 3. The minimum absolute atomic E-state index is 0.317. The van der Waals surface area contributed by atoms with Crippen molar-refractivity contribution in [3.05, 3.63) is 57.8 Å². The molecule has 18 heavy (non-hydrogen) atoms. The van der Waals surface area contributed by atoms with E-state index in [4.69, 9.17) is 4.74 Å². The lowest BCUT2D eigenvalue weighted by molar-refractivity contribution is 0.470. The Labute approximate surface area is 122 Å². The fourth-order valence-electron chi connectivity index (χ4n) is 1.58. The van der Waals surface area contributed by atoms with Gasteiger partial charge in [0.15, 0.2) is 0 Å². The summed E-state index contributed by atoms with van der Waals surface area (Å²) in [4.78, 5) is 0. The molecule has 0 N–H and O–H groups in total. The van der Waals surface area contributed by atoms with Gasteiger partial charge in [-0.2, -0.15) is 0 Å². The Kier molecular flexibility index (Phi) is 4.40. The van der Waals surface area contributed by atoms with E-state index >= 15 is 0 Å². The number of hydrogen-bond acceptors (Lipinski definition) is 1. The summed E-state index contributed by atoms with van der Waals surface area (Å²) < 4.78 is 19.6. The van der Waals surface area contributed by atoms with Gasteiger partial charge < -0.3 is 4.74 Å². The molecule has 1 nitrogen and oxygen atoms in total. The topological polar surface area (TPSA) is 9.23 Å². The number of benzene rings is 2. The average molecular weight is 374 g/mol. The van der Waals surface area contributed by atoms with E-state index in [1.54, 1.807) is 6.07 Å². The monoisotopic (exact) mass is 372 g/mol. The van der Waals surface area contributed by atoms with E-state index in [0.29, 0.717) is 5.75 Å². The Morgan fingerprint density at radius 3 is 2.56 bits per heavy atom. The second-order valence-corrected chi connectivity index (χ2v) is 5.33. The summed E-state index contributed by atoms with van der Waals surface area (Å²) in [6.45, 7) is 1.97. The van der Waals surface area contributed by atoms with Crippen LogP contribution in [0.3, 0.4) is 0 Å². The molecule has 0 atom stereocenters. The molecule has 0 spiro atoms. The van der Waals surface area contributed by atoms with Gasteiger partial charge in [-0.1, -0.05) is 28.1 Å². The molecule has 0 radical (unpaired) electrons. The molecule has 0 heterocycles. The molecule has 0 bridgehead atoms. The van der Waals surface area contributed by atoms with Crippen molar-refractivity contribution in [2.45, 2.75) is 12.3 Å². The lowest BCUT2D eigenvalue weighted by atomic mass is 10.1. The summed E-state index contributed by atoms with van der Waals surface area (Å²) in [6, 6.07) is 10.3. The Bertz CT molecular complexity index is 570. The lowest BCUT2D eigenvalue weighted by Gasteiger charge is -2.11. The van der Waals surface area contributed by atoms with Gasteiger partial charge in [0, 0.05) is 11.4 Å². The molecule has 4 heteroatoms. The molecule has 0 saturated heterocycles. The van der Waals surface area contributed by atoms with Gasteiger partial charge in [-0.15, -0.1) is 0 Å². The highest BCUT2D eigenvalue weighted by molar-refractivity contribution is 9.10. The van der Waals surface area contributed by atoms with Crippen molar-refractivity contribution in [2.75, 3.05) is 0 Å². The van der Waals surface area contributed by atoms with E-state index in [2.05, 4.69) is 31.9 Å². The Morgan fingerprint density at radius 1 is 1.11 bits per heavy atom. The predicted octanol–water partition coefficient (Wildman–Crippen LogP) is 5.58. The van der Waals surface area contributed by atoms with E-state index in [-0.39, 0.29) is 5.82 Å². The SMILES string of the molecule is Cc1cc(CBr)ccc1Oc1cc(F)ccc1Br. The molecule has 2 aromatic rings. The van der Waals surface area contributed by atoms with Crippen LogP contribution < -0.4 is 4.74 Å². The van der Waals surface area contributed by atoms with Crippen LogP contribution in [0.4, 0.5) is 4.39 Å². The van der Waals surface area contributed by atoms with Gasteiger partial charge in [0.05, 0.1) is 4.47 Å². The van der Waals surface area contributed by atoms with E-state index in [1.807, 2.05) is 25.1 Å². The average Bonchev–Trinajstić information content (AvgIpc) is 2.36. The summed E-state index contributed by atoms with van der Waals surface area (Å²) in [5.41, 5.74) is 2.20. The van der Waals surface area contributed by atoms with E-state index < -0.39 is 0 Å². The third-order valence-electron chi connectivity index (χ3n) is 2.51. The van der Waals surface area contributed by atoms with Gasteiger partial charge in [-0.25, -0.2) is 4.39 Å². The Hall–Kier alpha value is -0.870. The van der Waals surface area contributed by atoms with E-state index in [9.17, 15) is 4.39 Å². The van der Waals surface area contributed by atoms with Gasteiger partial charge >= 0.3 is 0 Å². The fraction of sp³-hybridized carbons (Fsp3) is 0.143. The zero-order valence-electron chi connectivity index (χ0n) is 9.71. The molecular formula is C14H11Br2FO. The highest BCUT2D eigenvalue weighted by Crippen LogP contribution is 2.32. The summed E-state index contributed by atoms with van der Waals surface area (Å²) in [5, 5.41) is 0.803. The van der Waals surface area contributed by atoms with Gasteiger partial charge in [0.1, 0.15) is 17.3 Å². The normalized spacial score (nSPS) is 10.4. The number of rotatable bonds is 3. The standard InChI is InChI=1S/C14H11Br2FO/c1-9-6-10(8-15)2-5-13(9)18-14-7-11(17)3-4-12(14)16/h2-7H,8H2,1H3. The lowest BCUT2D eigenvalue weighted by Crippen LogP contribution is -1.91. The first-order chi connectivity index (χ1) is 8.60. The van der Waals surface area contributed by atoms with Crippen molar-refractivity contribution in [1.29, 1.82) is 0 Å². The van der Waals surface area contributed by atoms with E-state index in [0.717, 1.165) is 21.1 Å². The smallest absolute Gasteiger partial charge is 0.144 e. The van der Waals surface area contributed by atoms with Crippen molar-refractivity contribution in [3.63, 3.8) is 0 Å². The third kappa shape index (κ3) is 3.12. The molecule has 0 aromatic heterocycles. The molecule has 0 aliphatic carbocycles. The summed E-state index contributed by atoms with van der Waals surface area (Å²) in [7, 11) is 0. The maximum absolute atomic E-state index is 13.2. The zero-order valence-corrected chi connectivity index (χ0v) is 12.9. The molecule has 0 aliphatic heterocycles. The van der Waals surface area contributed by atoms with Gasteiger partial charge in [-0.3, -0.25) is 0 Å². The van der Waals surface area contributed by atoms with Crippen LogP contribution >= 0.6 is 31.9 Å². The zero-order chi connectivity index (χ0) is 13.1. The van der Waals surface area contributed by atoms with Crippen molar-refractivity contribution >= 4 is 31.9 Å². The number of hydrogen-bond donors (Lipinski definition) is 0. The van der Waals surface area contributed by atoms with E-state index in [1.165, 1.54) is 17.7 Å². The van der Waals surface area contributed by atoms with Crippen LogP contribution in [-0.2, 0) is 5.33 Å². The third-order valence-corrected chi connectivity index (χ3v) is 3.81. The number of alkyl halides is 1. The molecule has 2 aromatic carbocycles. The first-order valence-electron chi connectivity index (χ1n) is 5.38. The van der Waals surface area contributed by atoms with Gasteiger partial charge in [0.2, 0.25) is 0 Å². The van der Waals surface area contributed by atoms with Crippen molar-refractivity contribution in [2.24, 2.45) is 0 Å². The van der Waals surface area contributed by atoms with Crippen LogP contribution in [0, 0.1) is 12.7 Å². The van der Waals surface area contributed by atoms with Crippen molar-refractivity contribution in [1.82, 2.24) is 0 Å². The van der Waals surface area contributed by atoms with Crippen LogP contribution in [0.5, 0.6) is 11.5 Å². The summed E-state index contributed by atoms with van der Waals surface area (Å²) in [5.74, 6) is 0.888. The first-order valence-corrected chi connectivity index (χ1v) is 7.30. The van der Waals surface area contributed by atoms with Crippen LogP contribution in [0.15, 0.2) is 40.9 Å². The molecule has 0 aliphatic rings. The largest absolute Gasteiger partial charge is 0.456 e. The van der Waals surface area contributed by atoms with Crippen LogP contribution in [0.25, 0.3) is 0 Å². The summed E-state index contributed by atoms with van der Waals surface area (Å²) in [6.07, 6.45) is 0. The predicted molar refractivity (Wildman–Crippen MR) is 78.0 cm³/mol. The second-order valence-electron chi connectivity index (χ2n) is 3.91. The van der Waals surface area contributed by atoms with Crippen LogP contribution in [-0.4, -0.2) is 0 Å². The highest BCUT2D eigenvalue weighted by Gasteiger charge is 2.07. The van der Waals surface area contributed by atoms with Crippen LogP contribution in [0.2, 0.25) is 0 Å². The maximum Gasteiger partial charge on any atom is 0.144 e. The number of aryl methyl sites for hydroxylation is 1. The second kappa shape index (κ2) is 5.85. The first kappa shape index (κ1) is 13.6. The Balaban J connectivity index is 2.31. The molecule has 94 valence electrons. The fourth-order valence-corrected chi connectivity index (χ4v) is 2.26. The molecule has 0 fully saturated rings. The molecular weight excluding hydrogens is 363 g/mol. The van der Waals surface area contributed by atoms with Gasteiger partial charge in [0.25, 0.3) is 0 Å². The molecule has 0 amide bonds. The molecule has 0 saturated carbocycles. The minimum Gasteiger partial charge on any atom is -0.456 e. The minimum atomic E-state index is -0.317. The van der Waals surface area contributed by atoms with Crippen molar-refractivity contribution < 1.29 is 9.13 Å². The summed E-state index contributed by atoms with van der Waals surface area (Å²) >= 11 is 6.75. The highest BCUT2D eigenvalue weighted by atomic mass is 79.9. The number of ether oxygens (including phenoxy) is 1.